The Hall–Kier alpha value is -1.26. The smallest absolute Gasteiger partial charge is 0.165 e. The number of para-hydroxylation sites is 1. The molecule has 0 aliphatic heterocycles. The number of benzene rings is 1. The molecule has 0 saturated carbocycles. The molecule has 0 saturated heterocycles. The van der Waals surface area contributed by atoms with Gasteiger partial charge in [0.15, 0.2) is 11.5 Å². The number of aliphatic hydroxyl groups is 1. The first-order chi connectivity index (χ1) is 9.08. The third-order valence-electron chi connectivity index (χ3n) is 2.90. The Balaban J connectivity index is 2.69. The highest BCUT2D eigenvalue weighted by Crippen LogP contribution is 2.30. The van der Waals surface area contributed by atoms with Crippen molar-refractivity contribution in [3.63, 3.8) is 0 Å². The van der Waals surface area contributed by atoms with Gasteiger partial charge in [-0.2, -0.15) is 0 Å². The van der Waals surface area contributed by atoms with E-state index in [2.05, 4.69) is 12.2 Å². The molecule has 2 N–H and O–H groups in total. The fourth-order valence-electron chi connectivity index (χ4n) is 2.08. The first-order valence-electron chi connectivity index (χ1n) is 6.78. The van der Waals surface area contributed by atoms with Crippen LogP contribution in [0.15, 0.2) is 18.2 Å². The fourth-order valence-corrected chi connectivity index (χ4v) is 2.08. The van der Waals surface area contributed by atoms with Gasteiger partial charge in [-0.05, 0) is 33.3 Å². The average Bonchev–Trinajstić information content (AvgIpc) is 2.36. The summed E-state index contributed by atoms with van der Waals surface area (Å²) in [7, 11) is 1.65. The third-order valence-corrected chi connectivity index (χ3v) is 2.90. The van der Waals surface area contributed by atoms with Crippen LogP contribution in [0.4, 0.5) is 0 Å². The van der Waals surface area contributed by atoms with Gasteiger partial charge in [-0.3, -0.25) is 0 Å². The molecule has 0 bridgehead atoms. The normalized spacial score (nSPS) is 13.9. The average molecular weight is 267 g/mol. The van der Waals surface area contributed by atoms with Crippen LogP contribution >= 0.6 is 0 Å². The van der Waals surface area contributed by atoms with Crippen LogP contribution in [0.5, 0.6) is 11.5 Å². The molecule has 0 aliphatic carbocycles. The molecule has 19 heavy (non-hydrogen) atoms. The highest BCUT2D eigenvalue weighted by molar-refractivity contribution is 5.46. The minimum absolute atomic E-state index is 0.250. The van der Waals surface area contributed by atoms with Gasteiger partial charge in [0.1, 0.15) is 0 Å². The van der Waals surface area contributed by atoms with E-state index < -0.39 is 0 Å². The lowest BCUT2D eigenvalue weighted by atomic mass is 10.1. The van der Waals surface area contributed by atoms with Crippen molar-refractivity contribution in [1.82, 2.24) is 5.32 Å². The molecule has 2 unspecified atom stereocenters. The van der Waals surface area contributed by atoms with E-state index in [1.807, 2.05) is 25.1 Å². The molecule has 0 aliphatic rings. The maximum Gasteiger partial charge on any atom is 0.165 e. The van der Waals surface area contributed by atoms with Crippen LogP contribution in [0, 0.1) is 0 Å². The van der Waals surface area contributed by atoms with Crippen molar-refractivity contribution in [1.29, 1.82) is 0 Å². The van der Waals surface area contributed by atoms with Gasteiger partial charge in [0, 0.05) is 18.2 Å². The van der Waals surface area contributed by atoms with Crippen molar-refractivity contribution in [2.24, 2.45) is 0 Å². The van der Waals surface area contributed by atoms with Gasteiger partial charge in [-0.1, -0.05) is 12.1 Å². The monoisotopic (exact) mass is 267 g/mol. The predicted molar refractivity (Wildman–Crippen MR) is 76.8 cm³/mol. The Labute approximate surface area is 115 Å². The Morgan fingerprint density at radius 1 is 1.32 bits per heavy atom. The summed E-state index contributed by atoms with van der Waals surface area (Å²) < 4.78 is 11.0. The zero-order valence-corrected chi connectivity index (χ0v) is 12.3. The number of aliphatic hydroxyl groups excluding tert-OH is 1. The minimum atomic E-state index is -0.292. The van der Waals surface area contributed by atoms with Crippen molar-refractivity contribution in [3.05, 3.63) is 23.8 Å². The molecule has 0 heterocycles. The molecule has 0 spiro atoms. The topological polar surface area (TPSA) is 50.7 Å². The summed E-state index contributed by atoms with van der Waals surface area (Å²) in [4.78, 5) is 0. The van der Waals surface area contributed by atoms with E-state index in [1.165, 1.54) is 0 Å². The second-order valence-corrected chi connectivity index (χ2v) is 4.75. The summed E-state index contributed by atoms with van der Waals surface area (Å²) in [6.45, 7) is 7.12. The number of methoxy groups -OCH3 is 1. The molecular formula is C15H25NO3. The van der Waals surface area contributed by atoms with E-state index in [-0.39, 0.29) is 12.1 Å². The molecule has 0 aromatic heterocycles. The van der Waals surface area contributed by atoms with E-state index in [1.54, 1.807) is 14.0 Å². The molecule has 1 aromatic carbocycles. The molecule has 1 aromatic rings. The minimum Gasteiger partial charge on any atom is -0.493 e. The fraction of sp³-hybridized carbons (Fsp3) is 0.600. The highest BCUT2D eigenvalue weighted by atomic mass is 16.5. The summed E-state index contributed by atoms with van der Waals surface area (Å²) in [5.74, 6) is 1.55. The Bertz CT molecular complexity index is 380. The second kappa shape index (κ2) is 8.02. The van der Waals surface area contributed by atoms with Crippen LogP contribution in [0.25, 0.3) is 0 Å². The SMILES string of the molecule is CCOc1cccc(CNC(C)CC(C)O)c1OC. The van der Waals surface area contributed by atoms with Gasteiger partial charge in [0.2, 0.25) is 0 Å². The van der Waals surface area contributed by atoms with Crippen molar-refractivity contribution in [2.45, 2.75) is 45.9 Å². The first-order valence-corrected chi connectivity index (χ1v) is 6.78. The summed E-state index contributed by atoms with van der Waals surface area (Å²) in [6, 6.07) is 6.14. The zero-order valence-electron chi connectivity index (χ0n) is 12.3. The van der Waals surface area contributed by atoms with E-state index in [0.717, 1.165) is 23.5 Å². The second-order valence-electron chi connectivity index (χ2n) is 4.75. The Morgan fingerprint density at radius 2 is 2.05 bits per heavy atom. The number of nitrogens with one attached hydrogen (secondary N) is 1. The largest absolute Gasteiger partial charge is 0.493 e. The summed E-state index contributed by atoms with van der Waals surface area (Å²) in [5.41, 5.74) is 1.06. The van der Waals surface area contributed by atoms with Crippen LogP contribution in [0.3, 0.4) is 0 Å². The van der Waals surface area contributed by atoms with E-state index in [0.29, 0.717) is 13.2 Å². The quantitative estimate of drug-likeness (QED) is 0.759. The molecule has 108 valence electrons. The van der Waals surface area contributed by atoms with Crippen LogP contribution in [-0.2, 0) is 6.54 Å². The van der Waals surface area contributed by atoms with Crippen LogP contribution in [0.1, 0.15) is 32.8 Å². The van der Waals surface area contributed by atoms with Crippen LogP contribution in [-0.4, -0.2) is 31.0 Å². The van der Waals surface area contributed by atoms with Gasteiger partial charge in [0.25, 0.3) is 0 Å². The molecule has 0 amide bonds. The zero-order chi connectivity index (χ0) is 14.3. The summed E-state index contributed by atoms with van der Waals surface area (Å²) in [5, 5.41) is 12.7. The standard InChI is InChI=1S/C15H25NO3/c1-5-19-14-8-6-7-13(15(14)18-4)10-16-11(2)9-12(3)17/h6-8,11-12,16-17H,5,9-10H2,1-4H3. The van der Waals surface area contributed by atoms with Crippen molar-refractivity contribution in [2.75, 3.05) is 13.7 Å². The number of ether oxygens (including phenoxy) is 2. The van der Waals surface area contributed by atoms with E-state index >= 15 is 0 Å². The number of hydrogen-bond donors (Lipinski definition) is 2. The maximum atomic E-state index is 9.35. The molecule has 4 heteroatoms. The summed E-state index contributed by atoms with van der Waals surface area (Å²) >= 11 is 0. The Kier molecular flexibility index (Phi) is 6.67. The maximum absolute atomic E-state index is 9.35. The van der Waals surface area contributed by atoms with Crippen LogP contribution < -0.4 is 14.8 Å². The summed E-state index contributed by atoms with van der Waals surface area (Å²) in [6.07, 6.45) is 0.437. The van der Waals surface area contributed by atoms with Crippen LogP contribution in [0.2, 0.25) is 0 Å². The first kappa shape index (κ1) is 15.8. The predicted octanol–water partition coefficient (Wildman–Crippen LogP) is 2.34. The third kappa shape index (κ3) is 5.09. The molecule has 2 atom stereocenters. The molecule has 4 nitrogen and oxygen atoms in total. The lowest BCUT2D eigenvalue weighted by Gasteiger charge is -2.18. The number of hydrogen-bond acceptors (Lipinski definition) is 4. The van der Waals surface area contributed by atoms with Gasteiger partial charge < -0.3 is 19.9 Å². The molecule has 1 rings (SSSR count). The van der Waals surface area contributed by atoms with Crippen molar-refractivity contribution in [3.8, 4) is 11.5 Å². The van der Waals surface area contributed by atoms with E-state index in [4.69, 9.17) is 9.47 Å². The van der Waals surface area contributed by atoms with Gasteiger partial charge in [-0.25, -0.2) is 0 Å². The lowest BCUT2D eigenvalue weighted by molar-refractivity contribution is 0.170. The van der Waals surface area contributed by atoms with Crippen molar-refractivity contribution >= 4 is 0 Å². The Morgan fingerprint density at radius 3 is 2.63 bits per heavy atom. The van der Waals surface area contributed by atoms with Crippen molar-refractivity contribution < 1.29 is 14.6 Å². The van der Waals surface area contributed by atoms with Gasteiger partial charge in [0.05, 0.1) is 19.8 Å². The molecule has 0 radical (unpaired) electrons. The molecular weight excluding hydrogens is 242 g/mol. The number of rotatable bonds is 8. The van der Waals surface area contributed by atoms with Gasteiger partial charge in [-0.15, -0.1) is 0 Å². The molecule has 0 fully saturated rings. The highest BCUT2D eigenvalue weighted by Gasteiger charge is 2.11. The van der Waals surface area contributed by atoms with E-state index in [9.17, 15) is 5.11 Å². The van der Waals surface area contributed by atoms with Gasteiger partial charge >= 0.3 is 0 Å². The lowest BCUT2D eigenvalue weighted by Crippen LogP contribution is -2.28.